The Balaban J connectivity index is 1.16. The molecule has 2 aromatic heterocycles. The fraction of sp³-hybridized carbons (Fsp3) is 0.346. The van der Waals surface area contributed by atoms with Gasteiger partial charge in [-0.05, 0) is 67.7 Å². The molecule has 0 aliphatic carbocycles. The molecule has 0 radical (unpaired) electrons. The number of ether oxygens (including phenoxy) is 1. The highest BCUT2D eigenvalue weighted by Crippen LogP contribution is 2.34. The number of nitrogens with zero attached hydrogens (tertiary/aromatic N) is 3. The van der Waals surface area contributed by atoms with E-state index in [1.807, 2.05) is 54.2 Å². The first-order valence-electron chi connectivity index (χ1n) is 11.5. The normalized spacial score (nSPS) is 16.2. The lowest BCUT2D eigenvalue weighted by Gasteiger charge is -2.33. The topological polar surface area (TPSA) is 63.7 Å². The number of piperidine rings is 1. The van der Waals surface area contributed by atoms with Crippen LogP contribution >= 0.6 is 23.2 Å². The molecule has 178 valence electrons. The summed E-state index contributed by atoms with van der Waals surface area (Å²) in [7, 11) is 1.93. The number of rotatable bonds is 7. The quantitative estimate of drug-likeness (QED) is 0.350. The molecule has 0 amide bonds. The van der Waals surface area contributed by atoms with Crippen molar-refractivity contribution in [2.24, 2.45) is 7.05 Å². The maximum absolute atomic E-state index is 10.6. The highest BCUT2D eigenvalue weighted by molar-refractivity contribution is 6.42. The van der Waals surface area contributed by atoms with Gasteiger partial charge in [-0.1, -0.05) is 35.3 Å². The van der Waals surface area contributed by atoms with Gasteiger partial charge in [-0.2, -0.15) is 0 Å². The van der Waals surface area contributed by atoms with Gasteiger partial charge in [0.2, 0.25) is 0 Å². The van der Waals surface area contributed by atoms with Crippen molar-refractivity contribution in [1.82, 2.24) is 14.5 Å². The van der Waals surface area contributed by atoms with Gasteiger partial charge in [0.05, 0.1) is 15.4 Å². The van der Waals surface area contributed by atoms with Gasteiger partial charge in [0.1, 0.15) is 24.0 Å². The van der Waals surface area contributed by atoms with Crippen LogP contribution in [0.15, 0.2) is 59.3 Å². The number of aryl methyl sites for hydroxylation is 1. The van der Waals surface area contributed by atoms with Crippen LogP contribution < -0.4 is 4.74 Å². The second-order valence-electron chi connectivity index (χ2n) is 8.85. The van der Waals surface area contributed by atoms with Crippen molar-refractivity contribution in [2.45, 2.75) is 24.9 Å². The summed E-state index contributed by atoms with van der Waals surface area (Å²) in [5, 5.41) is 12.7. The van der Waals surface area contributed by atoms with Crippen LogP contribution in [0, 0.1) is 0 Å². The molecule has 1 aliphatic rings. The largest absolute Gasteiger partial charge is 0.490 e. The lowest BCUT2D eigenvalue weighted by molar-refractivity contribution is 0.0599. The van der Waals surface area contributed by atoms with Gasteiger partial charge in [0, 0.05) is 26.0 Å². The van der Waals surface area contributed by atoms with Crippen LogP contribution in [0.25, 0.3) is 22.6 Å². The summed E-state index contributed by atoms with van der Waals surface area (Å²) in [6, 6.07) is 13.5. The van der Waals surface area contributed by atoms with E-state index in [-0.39, 0.29) is 6.61 Å². The average Bonchev–Trinajstić information content (AvgIpc) is 3.46. The third-order valence-corrected chi connectivity index (χ3v) is 7.20. The number of likely N-dealkylation sites (tertiary alicyclic amines) is 1. The van der Waals surface area contributed by atoms with E-state index in [0.29, 0.717) is 34.0 Å². The van der Waals surface area contributed by atoms with Crippen LogP contribution in [-0.2, 0) is 7.05 Å². The number of imidazole rings is 1. The fourth-order valence-electron chi connectivity index (χ4n) is 4.63. The Kier molecular flexibility index (Phi) is 6.84. The molecule has 1 atom stereocenters. The molecular formula is C26H27Cl2N3O3. The Bertz CT molecular complexity index is 1280. The summed E-state index contributed by atoms with van der Waals surface area (Å²) in [6.07, 6.45) is 5.08. The minimum atomic E-state index is -0.585. The zero-order valence-corrected chi connectivity index (χ0v) is 20.5. The number of aromatic nitrogens is 2. The third kappa shape index (κ3) is 4.96. The molecule has 3 heterocycles. The Morgan fingerprint density at radius 3 is 2.71 bits per heavy atom. The van der Waals surface area contributed by atoms with Crippen LogP contribution in [0.1, 0.15) is 24.3 Å². The van der Waals surface area contributed by atoms with Crippen molar-refractivity contribution in [3.8, 4) is 17.3 Å². The van der Waals surface area contributed by atoms with Crippen molar-refractivity contribution in [3.05, 3.63) is 70.5 Å². The molecule has 0 spiro atoms. The van der Waals surface area contributed by atoms with E-state index in [4.69, 9.17) is 32.4 Å². The van der Waals surface area contributed by atoms with Gasteiger partial charge in [0.15, 0.2) is 11.6 Å². The number of hydrogen-bond acceptors (Lipinski definition) is 5. The van der Waals surface area contributed by atoms with E-state index in [9.17, 15) is 5.11 Å². The molecule has 1 fully saturated rings. The minimum absolute atomic E-state index is 0.217. The minimum Gasteiger partial charge on any atom is -0.490 e. The maximum atomic E-state index is 10.6. The van der Waals surface area contributed by atoms with E-state index in [0.717, 1.165) is 42.7 Å². The zero-order valence-electron chi connectivity index (χ0n) is 19.0. The molecule has 4 aromatic rings. The van der Waals surface area contributed by atoms with Gasteiger partial charge >= 0.3 is 0 Å². The van der Waals surface area contributed by atoms with Crippen LogP contribution in [0.5, 0.6) is 5.75 Å². The lowest BCUT2D eigenvalue weighted by Crippen LogP contribution is -2.40. The fourth-order valence-corrected chi connectivity index (χ4v) is 4.93. The summed E-state index contributed by atoms with van der Waals surface area (Å²) in [4.78, 5) is 6.64. The summed E-state index contributed by atoms with van der Waals surface area (Å²) in [5.41, 5.74) is 1.96. The number of aliphatic hydroxyl groups excluding tert-OH is 1. The third-order valence-electron chi connectivity index (χ3n) is 6.47. The SMILES string of the molecule is Cn1ccnc1-c1cc2c(OCC(O)CN3CCC(c4ccc(Cl)c(Cl)c4)CC3)cccc2o1. The second kappa shape index (κ2) is 10.0. The molecule has 6 nitrogen and oxygen atoms in total. The molecule has 8 heteroatoms. The first kappa shape index (κ1) is 23.2. The molecule has 1 N–H and O–H groups in total. The van der Waals surface area contributed by atoms with Crippen molar-refractivity contribution >= 4 is 34.2 Å². The highest BCUT2D eigenvalue weighted by Gasteiger charge is 2.23. The number of β-amino-alcohol motifs (C(OH)–C–C–N with tert-alkyl or cyclic N) is 1. The number of benzene rings is 2. The summed E-state index contributed by atoms with van der Waals surface area (Å²) in [5.74, 6) is 2.60. The molecule has 5 rings (SSSR count). The summed E-state index contributed by atoms with van der Waals surface area (Å²) >= 11 is 12.2. The molecule has 0 bridgehead atoms. The molecule has 1 unspecified atom stereocenters. The van der Waals surface area contributed by atoms with Crippen molar-refractivity contribution in [2.75, 3.05) is 26.2 Å². The van der Waals surface area contributed by atoms with Crippen LogP contribution in [0.3, 0.4) is 0 Å². The predicted molar refractivity (Wildman–Crippen MR) is 135 cm³/mol. The van der Waals surface area contributed by atoms with Crippen LogP contribution in [0.2, 0.25) is 10.0 Å². The van der Waals surface area contributed by atoms with E-state index in [2.05, 4.69) is 16.0 Å². The highest BCUT2D eigenvalue weighted by atomic mass is 35.5. The van der Waals surface area contributed by atoms with Gasteiger partial charge in [-0.25, -0.2) is 4.98 Å². The maximum Gasteiger partial charge on any atom is 0.175 e. The molecule has 1 aliphatic heterocycles. The Morgan fingerprint density at radius 1 is 1.15 bits per heavy atom. The van der Waals surface area contributed by atoms with Crippen molar-refractivity contribution in [1.29, 1.82) is 0 Å². The Labute approximate surface area is 208 Å². The summed E-state index contributed by atoms with van der Waals surface area (Å²) < 4.78 is 13.9. The zero-order chi connectivity index (χ0) is 23.7. The van der Waals surface area contributed by atoms with Gasteiger partial charge < -0.3 is 23.7 Å². The molecular weight excluding hydrogens is 473 g/mol. The monoisotopic (exact) mass is 499 g/mol. The van der Waals surface area contributed by atoms with Gasteiger partial charge in [-0.3, -0.25) is 0 Å². The van der Waals surface area contributed by atoms with E-state index >= 15 is 0 Å². The molecule has 34 heavy (non-hydrogen) atoms. The number of halogens is 2. The molecule has 2 aromatic carbocycles. The molecule has 1 saturated heterocycles. The van der Waals surface area contributed by atoms with Crippen molar-refractivity contribution in [3.63, 3.8) is 0 Å². The van der Waals surface area contributed by atoms with E-state index < -0.39 is 6.10 Å². The number of hydrogen-bond donors (Lipinski definition) is 1. The standard InChI is InChI=1S/C26H27Cl2N3O3/c1-30-12-9-29-26(30)25-14-20-23(3-2-4-24(20)34-25)33-16-19(32)15-31-10-7-17(8-11-31)18-5-6-21(27)22(28)13-18/h2-6,9,12-14,17,19,32H,7-8,10-11,15-16H2,1H3. The summed E-state index contributed by atoms with van der Waals surface area (Å²) in [6.45, 7) is 2.64. The predicted octanol–water partition coefficient (Wildman–Crippen LogP) is 5.76. The smallest absolute Gasteiger partial charge is 0.175 e. The van der Waals surface area contributed by atoms with Crippen LogP contribution in [0.4, 0.5) is 0 Å². The second-order valence-corrected chi connectivity index (χ2v) is 9.67. The Hall–Kier alpha value is -2.51. The molecule has 0 saturated carbocycles. The van der Waals surface area contributed by atoms with Crippen molar-refractivity contribution < 1.29 is 14.3 Å². The van der Waals surface area contributed by atoms with Crippen LogP contribution in [-0.4, -0.2) is 51.9 Å². The van der Waals surface area contributed by atoms with E-state index in [1.54, 1.807) is 6.20 Å². The lowest BCUT2D eigenvalue weighted by atomic mass is 9.89. The number of furan rings is 1. The Morgan fingerprint density at radius 2 is 1.97 bits per heavy atom. The first-order chi connectivity index (χ1) is 16.5. The average molecular weight is 500 g/mol. The van der Waals surface area contributed by atoms with E-state index in [1.165, 1.54) is 5.56 Å². The van der Waals surface area contributed by atoms with Gasteiger partial charge in [0.25, 0.3) is 0 Å². The first-order valence-corrected chi connectivity index (χ1v) is 12.2. The van der Waals surface area contributed by atoms with Gasteiger partial charge in [-0.15, -0.1) is 0 Å². The number of fused-ring (bicyclic) bond motifs is 1. The number of aliphatic hydroxyl groups is 1.